The molecule has 3 nitrogen and oxygen atoms in total. The van der Waals surface area contributed by atoms with E-state index < -0.39 is 0 Å². The molecule has 0 spiro atoms. The maximum atomic E-state index is 5.99. The van der Waals surface area contributed by atoms with Crippen LogP contribution in [0.25, 0.3) is 11.0 Å². The summed E-state index contributed by atoms with van der Waals surface area (Å²) in [5, 5.41) is 0. The van der Waals surface area contributed by atoms with E-state index in [9.17, 15) is 0 Å². The third-order valence-electron chi connectivity index (χ3n) is 3.98. The van der Waals surface area contributed by atoms with E-state index >= 15 is 0 Å². The first kappa shape index (κ1) is 9.85. The Bertz CT molecular complexity index is 495. The van der Waals surface area contributed by atoms with Crippen LogP contribution in [0.2, 0.25) is 0 Å². The van der Waals surface area contributed by atoms with Crippen molar-refractivity contribution in [3.8, 4) is 0 Å². The molecule has 1 saturated carbocycles. The van der Waals surface area contributed by atoms with E-state index in [0.717, 1.165) is 17.6 Å². The lowest BCUT2D eigenvalue weighted by molar-refractivity contribution is 0.453. The van der Waals surface area contributed by atoms with Crippen molar-refractivity contribution < 1.29 is 0 Å². The van der Waals surface area contributed by atoms with Gasteiger partial charge < -0.3 is 10.7 Å². The molecule has 1 aliphatic rings. The summed E-state index contributed by atoms with van der Waals surface area (Å²) in [6.07, 6.45) is 6.81. The van der Waals surface area contributed by atoms with Crippen molar-refractivity contribution in [2.75, 3.05) is 6.54 Å². The molecule has 1 aliphatic carbocycles. The predicted molar refractivity (Wildman–Crippen MR) is 65.3 cm³/mol. The predicted octanol–water partition coefficient (Wildman–Crippen LogP) is 2.33. The van der Waals surface area contributed by atoms with Crippen molar-refractivity contribution in [1.82, 2.24) is 9.97 Å². The highest BCUT2D eigenvalue weighted by Crippen LogP contribution is 2.40. The largest absolute Gasteiger partial charge is 0.345 e. The van der Waals surface area contributed by atoms with Gasteiger partial charge in [-0.15, -0.1) is 0 Å². The van der Waals surface area contributed by atoms with Gasteiger partial charge in [0.2, 0.25) is 0 Å². The van der Waals surface area contributed by atoms with Crippen LogP contribution in [0.1, 0.15) is 31.2 Å². The normalized spacial score (nSPS) is 19.3. The molecule has 0 unspecified atom stereocenters. The zero-order chi connectivity index (χ0) is 11.0. The second kappa shape index (κ2) is 3.59. The lowest BCUT2D eigenvalue weighted by Gasteiger charge is -2.27. The molecule has 1 fully saturated rings. The highest BCUT2D eigenvalue weighted by atomic mass is 14.9. The number of aromatic amines is 1. The molecule has 16 heavy (non-hydrogen) atoms. The highest BCUT2D eigenvalue weighted by Gasteiger charge is 2.34. The van der Waals surface area contributed by atoms with Gasteiger partial charge in [-0.2, -0.15) is 0 Å². The molecule has 1 heterocycles. The summed E-state index contributed by atoms with van der Waals surface area (Å²) >= 11 is 0. The van der Waals surface area contributed by atoms with Gasteiger partial charge in [-0.1, -0.05) is 18.9 Å². The van der Waals surface area contributed by atoms with Gasteiger partial charge in [-0.05, 0) is 30.5 Å². The number of H-pyrrole nitrogens is 1. The Kier molecular flexibility index (Phi) is 2.21. The van der Waals surface area contributed by atoms with Gasteiger partial charge >= 0.3 is 0 Å². The van der Waals surface area contributed by atoms with Gasteiger partial charge in [0.25, 0.3) is 0 Å². The number of nitrogens with zero attached hydrogens (tertiary/aromatic N) is 1. The van der Waals surface area contributed by atoms with E-state index in [4.69, 9.17) is 5.73 Å². The third-order valence-corrected chi connectivity index (χ3v) is 3.98. The number of hydrogen-bond donors (Lipinski definition) is 2. The van der Waals surface area contributed by atoms with E-state index in [2.05, 4.69) is 28.2 Å². The molecule has 3 N–H and O–H groups in total. The molecule has 0 amide bonds. The molecule has 1 aromatic heterocycles. The lowest BCUT2D eigenvalue weighted by atomic mass is 9.79. The molecule has 0 aliphatic heterocycles. The Hall–Kier alpha value is -1.35. The molecule has 0 saturated heterocycles. The van der Waals surface area contributed by atoms with Crippen LogP contribution in [0.5, 0.6) is 0 Å². The number of hydrogen-bond acceptors (Lipinski definition) is 2. The fourth-order valence-corrected chi connectivity index (χ4v) is 2.93. The van der Waals surface area contributed by atoms with Crippen LogP contribution in [0.3, 0.4) is 0 Å². The Labute approximate surface area is 95.1 Å². The van der Waals surface area contributed by atoms with Crippen LogP contribution >= 0.6 is 0 Å². The summed E-state index contributed by atoms with van der Waals surface area (Å²) in [6, 6.07) is 6.51. The van der Waals surface area contributed by atoms with Gasteiger partial charge in [0.1, 0.15) is 0 Å². The van der Waals surface area contributed by atoms with Crippen molar-refractivity contribution in [3.05, 3.63) is 30.1 Å². The van der Waals surface area contributed by atoms with Crippen molar-refractivity contribution in [2.24, 2.45) is 5.73 Å². The number of nitrogens with one attached hydrogen (secondary N) is 1. The number of nitrogens with two attached hydrogens (primary N) is 1. The lowest BCUT2D eigenvalue weighted by Crippen LogP contribution is -2.31. The summed E-state index contributed by atoms with van der Waals surface area (Å²) < 4.78 is 0. The smallest absolute Gasteiger partial charge is 0.0931 e. The zero-order valence-electron chi connectivity index (χ0n) is 9.37. The van der Waals surface area contributed by atoms with Crippen LogP contribution < -0.4 is 5.73 Å². The molecule has 0 atom stereocenters. The summed E-state index contributed by atoms with van der Waals surface area (Å²) in [4.78, 5) is 7.42. The molecule has 0 bridgehead atoms. The fourth-order valence-electron chi connectivity index (χ4n) is 2.93. The second-order valence-electron chi connectivity index (χ2n) is 4.83. The third kappa shape index (κ3) is 1.35. The summed E-state index contributed by atoms with van der Waals surface area (Å²) in [6.45, 7) is 0.757. The van der Waals surface area contributed by atoms with Gasteiger partial charge in [-0.25, -0.2) is 4.98 Å². The standard InChI is InChI=1S/C13H17N3/c14-8-13(5-1-2-6-13)10-3-4-11-12(7-10)16-9-15-11/h3-4,7,9H,1-2,5-6,8,14H2,(H,15,16). The monoisotopic (exact) mass is 215 g/mol. The van der Waals surface area contributed by atoms with E-state index in [1.165, 1.54) is 31.2 Å². The maximum absolute atomic E-state index is 5.99. The quantitative estimate of drug-likeness (QED) is 0.807. The molecule has 3 rings (SSSR count). The van der Waals surface area contributed by atoms with Gasteiger partial charge in [-0.3, -0.25) is 0 Å². The van der Waals surface area contributed by atoms with Crippen LogP contribution in [-0.2, 0) is 5.41 Å². The first-order valence-corrected chi connectivity index (χ1v) is 5.98. The zero-order valence-corrected chi connectivity index (χ0v) is 9.37. The Morgan fingerprint density at radius 1 is 1.31 bits per heavy atom. The Morgan fingerprint density at radius 2 is 2.12 bits per heavy atom. The van der Waals surface area contributed by atoms with E-state index in [0.29, 0.717) is 0 Å². The van der Waals surface area contributed by atoms with Crippen LogP contribution in [0.15, 0.2) is 24.5 Å². The first-order chi connectivity index (χ1) is 7.84. The highest BCUT2D eigenvalue weighted by molar-refractivity contribution is 5.75. The number of aromatic nitrogens is 2. The molecular weight excluding hydrogens is 198 g/mol. The molecule has 1 aromatic carbocycles. The number of fused-ring (bicyclic) bond motifs is 1. The van der Waals surface area contributed by atoms with Crippen LogP contribution in [0.4, 0.5) is 0 Å². The van der Waals surface area contributed by atoms with E-state index in [1.807, 2.05) is 0 Å². The molecule has 3 heteroatoms. The summed E-state index contributed by atoms with van der Waals surface area (Å²) in [5.74, 6) is 0. The van der Waals surface area contributed by atoms with Crippen molar-refractivity contribution in [2.45, 2.75) is 31.1 Å². The minimum absolute atomic E-state index is 0.222. The van der Waals surface area contributed by atoms with E-state index in [-0.39, 0.29) is 5.41 Å². The van der Waals surface area contributed by atoms with Crippen molar-refractivity contribution in [1.29, 1.82) is 0 Å². The molecule has 84 valence electrons. The summed E-state index contributed by atoms with van der Waals surface area (Å²) in [5.41, 5.74) is 9.75. The van der Waals surface area contributed by atoms with Gasteiger partial charge in [0.05, 0.1) is 17.4 Å². The molecule has 0 radical (unpaired) electrons. The average Bonchev–Trinajstić information content (AvgIpc) is 2.97. The minimum Gasteiger partial charge on any atom is -0.345 e. The van der Waals surface area contributed by atoms with Gasteiger partial charge in [0.15, 0.2) is 0 Å². The maximum Gasteiger partial charge on any atom is 0.0931 e. The molecule has 2 aromatic rings. The number of benzene rings is 1. The fraction of sp³-hybridized carbons (Fsp3) is 0.462. The summed E-state index contributed by atoms with van der Waals surface area (Å²) in [7, 11) is 0. The van der Waals surface area contributed by atoms with Gasteiger partial charge in [0, 0.05) is 12.0 Å². The Morgan fingerprint density at radius 3 is 2.88 bits per heavy atom. The molecular formula is C13H17N3. The SMILES string of the molecule is NCC1(c2ccc3nc[nH]c3c2)CCCC1. The van der Waals surface area contributed by atoms with E-state index in [1.54, 1.807) is 6.33 Å². The minimum atomic E-state index is 0.222. The topological polar surface area (TPSA) is 54.7 Å². The Balaban J connectivity index is 2.09. The van der Waals surface area contributed by atoms with Crippen molar-refractivity contribution in [3.63, 3.8) is 0 Å². The second-order valence-corrected chi connectivity index (χ2v) is 4.83. The van der Waals surface area contributed by atoms with Crippen LogP contribution in [-0.4, -0.2) is 16.5 Å². The van der Waals surface area contributed by atoms with Crippen molar-refractivity contribution >= 4 is 11.0 Å². The number of imidazole rings is 1. The average molecular weight is 215 g/mol. The first-order valence-electron chi connectivity index (χ1n) is 5.98. The number of rotatable bonds is 2. The van der Waals surface area contributed by atoms with Crippen LogP contribution in [0, 0.1) is 0 Å².